The number of rotatable bonds is 5. The van der Waals surface area contributed by atoms with Crippen LogP contribution in [0, 0.1) is 18.8 Å². The number of carbonyl (C=O) groups is 1. The quantitative estimate of drug-likeness (QED) is 0.490. The molecule has 0 unspecified atom stereocenters. The molecule has 0 aliphatic carbocycles. The number of ether oxygens (including phenoxy) is 1. The maximum atomic E-state index is 13.1. The first-order valence-corrected chi connectivity index (χ1v) is 11.7. The summed E-state index contributed by atoms with van der Waals surface area (Å²) in [6, 6.07) is 8.99. The fourth-order valence-electron chi connectivity index (χ4n) is 3.76. The molecule has 1 fully saturated rings. The van der Waals surface area contributed by atoms with E-state index in [9.17, 15) is 18.0 Å². The lowest BCUT2D eigenvalue weighted by atomic mass is 10.1. The topological polar surface area (TPSA) is 110 Å². The molecule has 9 nitrogen and oxygen atoms in total. The van der Waals surface area contributed by atoms with Gasteiger partial charge in [-0.1, -0.05) is 12.0 Å². The number of alkyl halides is 3. The van der Waals surface area contributed by atoms with E-state index in [0.717, 1.165) is 26.2 Å². The Balaban J connectivity index is 1.52. The summed E-state index contributed by atoms with van der Waals surface area (Å²) in [6.45, 7) is 5.16. The monoisotopic (exact) mass is 525 g/mol. The number of carbonyl (C=O) groups excluding carboxylic acids is 1. The van der Waals surface area contributed by atoms with Gasteiger partial charge in [0, 0.05) is 61.8 Å². The number of hydrogen-bond acceptors (Lipinski definition) is 8. The van der Waals surface area contributed by atoms with Crippen LogP contribution in [-0.2, 0) is 6.54 Å². The van der Waals surface area contributed by atoms with E-state index in [1.807, 2.05) is 7.05 Å². The summed E-state index contributed by atoms with van der Waals surface area (Å²) < 4.78 is 43.7. The number of halogens is 3. The molecule has 0 saturated carbocycles. The zero-order chi connectivity index (χ0) is 27.3. The maximum Gasteiger partial charge on any atom is 0.573 e. The molecule has 0 atom stereocenters. The van der Waals surface area contributed by atoms with Crippen LogP contribution in [0.1, 0.15) is 32.9 Å². The Kier molecular flexibility index (Phi) is 8.09. The summed E-state index contributed by atoms with van der Waals surface area (Å²) in [5.41, 5.74) is 7.71. The van der Waals surface area contributed by atoms with Crippen LogP contribution in [0.2, 0.25) is 0 Å². The Labute approximate surface area is 217 Å². The van der Waals surface area contributed by atoms with Crippen molar-refractivity contribution < 1.29 is 22.7 Å². The molecular formula is C26H26F3N7O2. The zero-order valence-corrected chi connectivity index (χ0v) is 20.8. The third kappa shape index (κ3) is 7.41. The first kappa shape index (κ1) is 26.8. The Morgan fingerprint density at radius 2 is 1.87 bits per heavy atom. The zero-order valence-electron chi connectivity index (χ0n) is 20.8. The van der Waals surface area contributed by atoms with Crippen molar-refractivity contribution in [1.82, 2.24) is 25.0 Å². The second-order valence-electron chi connectivity index (χ2n) is 8.85. The average Bonchev–Trinajstić information content (AvgIpc) is 2.86. The number of amides is 1. The van der Waals surface area contributed by atoms with Crippen LogP contribution in [-0.4, -0.2) is 70.5 Å². The summed E-state index contributed by atoms with van der Waals surface area (Å²) in [4.78, 5) is 21.3. The number of aromatic nitrogens is 3. The van der Waals surface area contributed by atoms with E-state index in [0.29, 0.717) is 29.1 Å². The minimum absolute atomic E-state index is 0.154. The summed E-state index contributed by atoms with van der Waals surface area (Å²) in [5.74, 6) is 5.09. The Morgan fingerprint density at radius 3 is 2.55 bits per heavy atom. The standard InChI is InChI=1S/C26H26F3N7O2/c1-17-18(3-5-21-7-8-24(30)34-33-21)13-20(15-31-17)25(37)32-22-6-4-19(23(14-22)38-26(27,28)29)16-36-11-9-35(2)10-12-36/h4,6-8,13-15H,9-12,16H2,1-2H3,(H2,30,34)(H,32,37). The van der Waals surface area contributed by atoms with Crippen LogP contribution >= 0.6 is 0 Å². The molecule has 1 saturated heterocycles. The van der Waals surface area contributed by atoms with Gasteiger partial charge in [0.1, 0.15) is 17.3 Å². The van der Waals surface area contributed by atoms with Crippen molar-refractivity contribution in [1.29, 1.82) is 0 Å². The largest absolute Gasteiger partial charge is 0.573 e. The molecule has 3 heterocycles. The second kappa shape index (κ2) is 11.5. The van der Waals surface area contributed by atoms with E-state index < -0.39 is 12.3 Å². The lowest BCUT2D eigenvalue weighted by Gasteiger charge is -2.32. The predicted molar refractivity (Wildman–Crippen MR) is 135 cm³/mol. The van der Waals surface area contributed by atoms with Gasteiger partial charge in [-0.25, -0.2) is 0 Å². The van der Waals surface area contributed by atoms with E-state index in [-0.39, 0.29) is 22.8 Å². The highest BCUT2D eigenvalue weighted by Gasteiger charge is 2.32. The van der Waals surface area contributed by atoms with Gasteiger partial charge in [0.25, 0.3) is 5.91 Å². The van der Waals surface area contributed by atoms with Gasteiger partial charge in [0.2, 0.25) is 0 Å². The van der Waals surface area contributed by atoms with E-state index in [1.54, 1.807) is 31.2 Å². The minimum atomic E-state index is -4.87. The van der Waals surface area contributed by atoms with Gasteiger partial charge >= 0.3 is 6.36 Å². The number of pyridine rings is 1. The molecule has 1 amide bonds. The minimum Gasteiger partial charge on any atom is -0.405 e. The van der Waals surface area contributed by atoms with Gasteiger partial charge in [0.15, 0.2) is 0 Å². The number of nitrogen functional groups attached to an aromatic ring is 1. The van der Waals surface area contributed by atoms with Crippen molar-refractivity contribution in [2.45, 2.75) is 19.8 Å². The van der Waals surface area contributed by atoms with Crippen LogP contribution in [0.5, 0.6) is 5.75 Å². The van der Waals surface area contributed by atoms with Gasteiger partial charge in [-0.05, 0) is 44.2 Å². The molecule has 3 aromatic rings. The third-order valence-electron chi connectivity index (χ3n) is 5.90. The molecule has 38 heavy (non-hydrogen) atoms. The first-order valence-electron chi connectivity index (χ1n) is 11.7. The lowest BCUT2D eigenvalue weighted by Crippen LogP contribution is -2.43. The van der Waals surface area contributed by atoms with Crippen molar-refractivity contribution in [3.63, 3.8) is 0 Å². The van der Waals surface area contributed by atoms with Gasteiger partial charge in [-0.15, -0.1) is 23.4 Å². The molecule has 0 radical (unpaired) electrons. The summed E-state index contributed by atoms with van der Waals surface area (Å²) in [7, 11) is 2.00. The molecule has 12 heteroatoms. The maximum absolute atomic E-state index is 13.1. The molecule has 0 bridgehead atoms. The smallest absolute Gasteiger partial charge is 0.405 e. The van der Waals surface area contributed by atoms with Crippen molar-refractivity contribution >= 4 is 17.4 Å². The van der Waals surface area contributed by atoms with Crippen molar-refractivity contribution in [2.24, 2.45) is 0 Å². The van der Waals surface area contributed by atoms with E-state index in [1.165, 1.54) is 18.3 Å². The molecule has 1 aliphatic heterocycles. The number of likely N-dealkylation sites (N-methyl/N-ethyl adjacent to an activating group) is 1. The van der Waals surface area contributed by atoms with E-state index in [2.05, 4.69) is 46.9 Å². The van der Waals surface area contributed by atoms with E-state index >= 15 is 0 Å². The van der Waals surface area contributed by atoms with Crippen LogP contribution < -0.4 is 15.8 Å². The lowest BCUT2D eigenvalue weighted by molar-refractivity contribution is -0.275. The highest BCUT2D eigenvalue weighted by Crippen LogP contribution is 2.30. The Morgan fingerprint density at radius 1 is 1.11 bits per heavy atom. The number of nitrogens with zero attached hydrogens (tertiary/aromatic N) is 5. The predicted octanol–water partition coefficient (Wildman–Crippen LogP) is 3.06. The molecule has 198 valence electrons. The molecule has 4 rings (SSSR count). The molecule has 0 spiro atoms. The van der Waals surface area contributed by atoms with Gasteiger partial charge in [-0.3, -0.25) is 14.7 Å². The van der Waals surface area contributed by atoms with Crippen molar-refractivity contribution in [3.8, 4) is 17.6 Å². The number of nitrogens with one attached hydrogen (secondary N) is 1. The van der Waals surface area contributed by atoms with Crippen LogP contribution in [0.25, 0.3) is 0 Å². The first-order chi connectivity index (χ1) is 18.1. The van der Waals surface area contributed by atoms with Crippen LogP contribution in [0.3, 0.4) is 0 Å². The van der Waals surface area contributed by atoms with Crippen LogP contribution in [0.4, 0.5) is 24.7 Å². The molecule has 2 aromatic heterocycles. The molecule has 1 aromatic carbocycles. The number of hydrogen-bond donors (Lipinski definition) is 2. The summed E-state index contributed by atoms with van der Waals surface area (Å²) in [6.07, 6.45) is -3.50. The molecular weight excluding hydrogens is 499 g/mol. The molecule has 1 aliphatic rings. The fraction of sp³-hybridized carbons (Fsp3) is 0.308. The summed E-state index contributed by atoms with van der Waals surface area (Å²) in [5, 5.41) is 10.2. The average molecular weight is 526 g/mol. The number of piperazine rings is 1. The number of anilines is 2. The van der Waals surface area contributed by atoms with Crippen molar-refractivity contribution in [3.05, 3.63) is 70.7 Å². The SMILES string of the molecule is Cc1ncc(C(=O)Nc2ccc(CN3CCN(C)CC3)c(OC(F)(F)F)c2)cc1C#Cc1ccc(N)nn1. The van der Waals surface area contributed by atoms with Crippen molar-refractivity contribution in [2.75, 3.05) is 44.3 Å². The fourth-order valence-corrected chi connectivity index (χ4v) is 3.76. The van der Waals surface area contributed by atoms with Crippen LogP contribution in [0.15, 0.2) is 42.6 Å². The number of benzene rings is 1. The highest BCUT2D eigenvalue weighted by molar-refractivity contribution is 6.04. The van der Waals surface area contributed by atoms with Gasteiger partial charge in [-0.2, -0.15) is 0 Å². The van der Waals surface area contributed by atoms with Gasteiger partial charge in [0.05, 0.1) is 11.3 Å². The molecule has 3 N–H and O–H groups in total. The highest BCUT2D eigenvalue weighted by atomic mass is 19.4. The number of aryl methyl sites for hydroxylation is 1. The summed E-state index contributed by atoms with van der Waals surface area (Å²) >= 11 is 0. The Bertz CT molecular complexity index is 1360. The Hall–Kier alpha value is -4.21. The van der Waals surface area contributed by atoms with Gasteiger partial charge < -0.3 is 20.7 Å². The third-order valence-corrected chi connectivity index (χ3v) is 5.90. The van der Waals surface area contributed by atoms with E-state index in [4.69, 9.17) is 5.73 Å². The number of nitrogens with two attached hydrogens (primary N) is 1. The second-order valence-corrected chi connectivity index (χ2v) is 8.85. The normalized spacial score (nSPS) is 14.4.